The number of ether oxygens (including phenoxy) is 1. The molecule has 0 radical (unpaired) electrons. The van der Waals surface area contributed by atoms with Crippen molar-refractivity contribution >= 4 is 6.72 Å². The molecule has 1 heterocycles. The molecule has 5 unspecified atom stereocenters. The zero-order chi connectivity index (χ0) is 10.0. The van der Waals surface area contributed by atoms with Gasteiger partial charge in [-0.15, -0.1) is 0 Å². The minimum atomic E-state index is -1.34. The molecule has 1 aliphatic rings. The van der Waals surface area contributed by atoms with Crippen molar-refractivity contribution in [3.05, 3.63) is 0 Å². The SMILES string of the molecule is C=NC1C(O)OC(CO)C(O)C1O. The Morgan fingerprint density at radius 2 is 1.85 bits per heavy atom. The summed E-state index contributed by atoms with van der Waals surface area (Å²) in [5.74, 6) is 0. The lowest BCUT2D eigenvalue weighted by molar-refractivity contribution is -0.248. The Balaban J connectivity index is 2.72. The minimum Gasteiger partial charge on any atom is -0.394 e. The van der Waals surface area contributed by atoms with Gasteiger partial charge >= 0.3 is 0 Å². The fourth-order valence-corrected chi connectivity index (χ4v) is 1.28. The predicted molar refractivity (Wildman–Crippen MR) is 43.3 cm³/mol. The average molecular weight is 191 g/mol. The van der Waals surface area contributed by atoms with Crippen molar-refractivity contribution in [2.45, 2.75) is 30.6 Å². The third-order valence-corrected chi connectivity index (χ3v) is 2.08. The van der Waals surface area contributed by atoms with E-state index in [1.807, 2.05) is 0 Å². The van der Waals surface area contributed by atoms with E-state index >= 15 is 0 Å². The van der Waals surface area contributed by atoms with Crippen molar-refractivity contribution in [1.29, 1.82) is 0 Å². The van der Waals surface area contributed by atoms with Crippen LogP contribution in [0.2, 0.25) is 0 Å². The van der Waals surface area contributed by atoms with Gasteiger partial charge in [0.2, 0.25) is 0 Å². The van der Waals surface area contributed by atoms with E-state index < -0.39 is 37.3 Å². The van der Waals surface area contributed by atoms with Crippen LogP contribution in [0, 0.1) is 0 Å². The lowest BCUT2D eigenvalue weighted by Crippen LogP contribution is -2.57. The molecular formula is C7H13NO5. The molecule has 0 aliphatic carbocycles. The van der Waals surface area contributed by atoms with Gasteiger partial charge < -0.3 is 25.2 Å². The Morgan fingerprint density at radius 1 is 1.23 bits per heavy atom. The standard InChI is InChI=1S/C7H13NO5/c1-8-4-6(11)5(10)3(2-9)13-7(4)12/h3-7,9-12H,1-2H2. The van der Waals surface area contributed by atoms with Crippen LogP contribution in [0.4, 0.5) is 0 Å². The molecule has 6 nitrogen and oxygen atoms in total. The average Bonchev–Trinajstić information content (AvgIpc) is 2.12. The quantitative estimate of drug-likeness (QED) is 0.361. The van der Waals surface area contributed by atoms with Crippen LogP contribution in [-0.4, -0.2) is 64.4 Å². The van der Waals surface area contributed by atoms with Gasteiger partial charge in [-0.1, -0.05) is 0 Å². The van der Waals surface area contributed by atoms with Crippen molar-refractivity contribution < 1.29 is 25.2 Å². The first-order valence-corrected chi connectivity index (χ1v) is 3.88. The van der Waals surface area contributed by atoms with Gasteiger partial charge in [0.15, 0.2) is 6.29 Å². The summed E-state index contributed by atoms with van der Waals surface area (Å²) in [7, 11) is 0. The fourth-order valence-electron chi connectivity index (χ4n) is 1.28. The highest BCUT2D eigenvalue weighted by atomic mass is 16.6. The molecule has 0 aromatic rings. The maximum atomic E-state index is 9.37. The van der Waals surface area contributed by atoms with E-state index in [2.05, 4.69) is 11.7 Å². The Hall–Kier alpha value is -0.530. The van der Waals surface area contributed by atoms with Crippen LogP contribution < -0.4 is 0 Å². The van der Waals surface area contributed by atoms with Gasteiger partial charge in [-0.25, -0.2) is 0 Å². The van der Waals surface area contributed by atoms with E-state index in [0.29, 0.717) is 0 Å². The summed E-state index contributed by atoms with van der Waals surface area (Å²) in [5, 5.41) is 36.6. The molecule has 1 saturated heterocycles. The van der Waals surface area contributed by atoms with Gasteiger partial charge in [-0.05, 0) is 6.72 Å². The molecule has 1 aliphatic heterocycles. The lowest BCUT2D eigenvalue weighted by atomic mass is 9.98. The monoisotopic (exact) mass is 191 g/mol. The molecule has 0 aromatic heterocycles. The molecule has 1 rings (SSSR count). The Bertz CT molecular complexity index is 188. The highest BCUT2D eigenvalue weighted by Crippen LogP contribution is 2.21. The summed E-state index contributed by atoms with van der Waals surface area (Å²) in [6, 6.07) is -0.974. The molecule has 76 valence electrons. The van der Waals surface area contributed by atoms with E-state index in [9.17, 15) is 15.3 Å². The summed E-state index contributed by atoms with van der Waals surface area (Å²) in [5.41, 5.74) is 0. The summed E-state index contributed by atoms with van der Waals surface area (Å²) >= 11 is 0. The Kier molecular flexibility index (Phi) is 3.34. The van der Waals surface area contributed by atoms with E-state index in [1.165, 1.54) is 0 Å². The summed E-state index contributed by atoms with van der Waals surface area (Å²) in [6.07, 6.45) is -4.85. The highest BCUT2D eigenvalue weighted by Gasteiger charge is 2.42. The van der Waals surface area contributed by atoms with Gasteiger partial charge in [0.05, 0.1) is 6.61 Å². The van der Waals surface area contributed by atoms with Gasteiger partial charge in [-0.2, -0.15) is 0 Å². The first-order chi connectivity index (χ1) is 6.11. The Morgan fingerprint density at radius 3 is 2.31 bits per heavy atom. The topological polar surface area (TPSA) is 103 Å². The zero-order valence-electron chi connectivity index (χ0n) is 6.95. The second-order valence-electron chi connectivity index (χ2n) is 2.90. The van der Waals surface area contributed by atoms with Crippen LogP contribution in [0.1, 0.15) is 0 Å². The predicted octanol–water partition coefficient (Wildman–Crippen LogP) is -2.51. The van der Waals surface area contributed by atoms with E-state index in [1.54, 1.807) is 0 Å². The largest absolute Gasteiger partial charge is 0.394 e. The van der Waals surface area contributed by atoms with Crippen LogP contribution in [0.25, 0.3) is 0 Å². The van der Waals surface area contributed by atoms with Crippen molar-refractivity contribution in [3.8, 4) is 0 Å². The third-order valence-electron chi connectivity index (χ3n) is 2.08. The van der Waals surface area contributed by atoms with Crippen LogP contribution in [0.15, 0.2) is 4.99 Å². The summed E-state index contributed by atoms with van der Waals surface area (Å²) in [4.78, 5) is 3.41. The number of aliphatic imine (C=N–C) groups is 1. The molecule has 0 amide bonds. The van der Waals surface area contributed by atoms with Gasteiger partial charge in [0.25, 0.3) is 0 Å². The van der Waals surface area contributed by atoms with Crippen molar-refractivity contribution in [3.63, 3.8) is 0 Å². The minimum absolute atomic E-state index is 0.473. The highest BCUT2D eigenvalue weighted by molar-refractivity contribution is 5.25. The molecule has 0 spiro atoms. The van der Waals surface area contributed by atoms with E-state index in [4.69, 9.17) is 9.84 Å². The van der Waals surface area contributed by atoms with Crippen LogP contribution in [0.3, 0.4) is 0 Å². The maximum Gasteiger partial charge on any atom is 0.180 e. The van der Waals surface area contributed by atoms with Gasteiger partial charge in [0.1, 0.15) is 24.4 Å². The van der Waals surface area contributed by atoms with Crippen LogP contribution in [-0.2, 0) is 4.74 Å². The normalized spacial score (nSPS) is 46.0. The van der Waals surface area contributed by atoms with Crippen molar-refractivity contribution in [2.75, 3.05) is 6.61 Å². The number of hydrogen-bond donors (Lipinski definition) is 4. The molecule has 0 aromatic carbocycles. The maximum absolute atomic E-state index is 9.37. The number of aliphatic hydroxyl groups excluding tert-OH is 4. The van der Waals surface area contributed by atoms with Crippen molar-refractivity contribution in [1.82, 2.24) is 0 Å². The third kappa shape index (κ3) is 1.87. The number of rotatable bonds is 2. The lowest BCUT2D eigenvalue weighted by Gasteiger charge is -2.37. The summed E-state index contributed by atoms with van der Waals surface area (Å²) < 4.78 is 4.78. The molecule has 13 heavy (non-hydrogen) atoms. The molecule has 1 fully saturated rings. The molecule has 0 saturated carbocycles. The molecule has 4 N–H and O–H groups in total. The molecule has 0 bridgehead atoms. The number of hydrogen-bond acceptors (Lipinski definition) is 6. The van der Waals surface area contributed by atoms with Crippen molar-refractivity contribution in [2.24, 2.45) is 4.99 Å². The number of nitrogens with zero attached hydrogens (tertiary/aromatic N) is 1. The fraction of sp³-hybridized carbons (Fsp3) is 0.857. The van der Waals surface area contributed by atoms with Gasteiger partial charge in [0, 0.05) is 0 Å². The van der Waals surface area contributed by atoms with E-state index in [-0.39, 0.29) is 0 Å². The first-order valence-electron chi connectivity index (χ1n) is 3.88. The first kappa shape index (κ1) is 10.6. The second-order valence-corrected chi connectivity index (χ2v) is 2.90. The summed E-state index contributed by atoms with van der Waals surface area (Å²) in [6.45, 7) is 2.67. The smallest absolute Gasteiger partial charge is 0.180 e. The molecule has 5 atom stereocenters. The number of aliphatic hydroxyl groups is 4. The second kappa shape index (κ2) is 4.12. The van der Waals surface area contributed by atoms with Crippen LogP contribution in [0.5, 0.6) is 0 Å². The molecular weight excluding hydrogens is 178 g/mol. The van der Waals surface area contributed by atoms with E-state index in [0.717, 1.165) is 0 Å². The Labute approximate surface area is 75.1 Å². The van der Waals surface area contributed by atoms with Crippen LogP contribution >= 0.6 is 0 Å². The zero-order valence-corrected chi connectivity index (χ0v) is 6.95. The molecule has 6 heteroatoms. The van der Waals surface area contributed by atoms with Gasteiger partial charge in [-0.3, -0.25) is 4.99 Å².